The van der Waals surface area contributed by atoms with Gasteiger partial charge >= 0.3 is 5.97 Å². The fourth-order valence-corrected chi connectivity index (χ4v) is 1.83. The smallest absolute Gasteiger partial charge is 0.308 e. The molecule has 22 heavy (non-hydrogen) atoms. The number of aromatic nitrogens is 2. The highest BCUT2D eigenvalue weighted by molar-refractivity contribution is 5.77. The van der Waals surface area contributed by atoms with Crippen molar-refractivity contribution in [1.82, 2.24) is 15.0 Å². The van der Waals surface area contributed by atoms with Gasteiger partial charge in [0, 0.05) is 31.8 Å². The highest BCUT2D eigenvalue weighted by Gasteiger charge is 2.21. The van der Waals surface area contributed by atoms with Crippen molar-refractivity contribution in [3.05, 3.63) is 11.7 Å². The summed E-state index contributed by atoms with van der Waals surface area (Å²) < 4.78 is 5.17. The van der Waals surface area contributed by atoms with Crippen LogP contribution in [-0.4, -0.2) is 45.6 Å². The molecule has 0 radical (unpaired) electrons. The molecule has 0 fully saturated rings. The monoisotopic (exact) mass is 311 g/mol. The molecule has 1 unspecified atom stereocenters. The quantitative estimate of drug-likeness (QED) is 0.825. The van der Waals surface area contributed by atoms with Gasteiger partial charge in [-0.25, -0.2) is 0 Å². The summed E-state index contributed by atoms with van der Waals surface area (Å²) in [7, 11) is 1.62. The molecule has 1 amide bonds. The Bertz CT molecular complexity index is 519. The zero-order valence-corrected chi connectivity index (χ0v) is 13.9. The molecular formula is C15H25N3O4. The van der Waals surface area contributed by atoms with E-state index in [1.807, 2.05) is 20.8 Å². The number of rotatable bonds is 7. The summed E-state index contributed by atoms with van der Waals surface area (Å²) in [4.78, 5) is 28.5. The van der Waals surface area contributed by atoms with Crippen LogP contribution in [-0.2, 0) is 21.4 Å². The van der Waals surface area contributed by atoms with Gasteiger partial charge in [0.15, 0.2) is 5.82 Å². The molecule has 0 saturated heterocycles. The van der Waals surface area contributed by atoms with Crippen LogP contribution in [0, 0.1) is 5.92 Å². The van der Waals surface area contributed by atoms with E-state index in [-0.39, 0.29) is 17.9 Å². The Balaban J connectivity index is 2.39. The number of carbonyl (C=O) groups is 2. The van der Waals surface area contributed by atoms with E-state index in [1.54, 1.807) is 14.0 Å². The van der Waals surface area contributed by atoms with Gasteiger partial charge in [-0.2, -0.15) is 4.98 Å². The second-order valence-corrected chi connectivity index (χ2v) is 6.63. The normalized spacial score (nSPS) is 13.0. The molecule has 1 atom stereocenters. The van der Waals surface area contributed by atoms with Gasteiger partial charge in [-0.05, 0) is 6.42 Å². The minimum absolute atomic E-state index is 0.0799. The Morgan fingerprint density at radius 1 is 1.36 bits per heavy atom. The summed E-state index contributed by atoms with van der Waals surface area (Å²) in [6.45, 7) is 7.80. The molecule has 7 nitrogen and oxygen atoms in total. The highest BCUT2D eigenvalue weighted by Crippen LogP contribution is 2.19. The van der Waals surface area contributed by atoms with Gasteiger partial charge < -0.3 is 14.5 Å². The molecule has 0 aliphatic heterocycles. The number of carboxylic acid groups (broad SMARTS) is 1. The Morgan fingerprint density at radius 2 is 2.00 bits per heavy atom. The van der Waals surface area contributed by atoms with E-state index in [1.165, 1.54) is 4.90 Å². The Morgan fingerprint density at radius 3 is 2.50 bits per heavy atom. The third-order valence-electron chi connectivity index (χ3n) is 3.32. The summed E-state index contributed by atoms with van der Waals surface area (Å²) in [5, 5.41) is 12.8. The second kappa shape index (κ2) is 7.38. The molecule has 1 rings (SSSR count). The van der Waals surface area contributed by atoms with Gasteiger partial charge in [-0.15, -0.1) is 0 Å². The molecule has 1 heterocycles. The first kappa shape index (κ1) is 18.1. The molecule has 0 aliphatic carbocycles. The molecule has 124 valence electrons. The number of nitrogens with zero attached hydrogens (tertiary/aromatic N) is 3. The van der Waals surface area contributed by atoms with Crippen LogP contribution in [0.1, 0.15) is 52.3 Å². The number of carboxylic acids is 1. The Labute approximate surface area is 130 Å². The number of hydrogen-bond donors (Lipinski definition) is 1. The van der Waals surface area contributed by atoms with Crippen molar-refractivity contribution >= 4 is 11.9 Å². The molecule has 0 saturated carbocycles. The molecule has 1 aromatic rings. The largest absolute Gasteiger partial charge is 0.481 e. The van der Waals surface area contributed by atoms with Crippen molar-refractivity contribution in [1.29, 1.82) is 0 Å². The van der Waals surface area contributed by atoms with Gasteiger partial charge in [0.25, 0.3) is 0 Å². The summed E-state index contributed by atoms with van der Waals surface area (Å²) in [6, 6.07) is 0. The average molecular weight is 311 g/mol. The highest BCUT2D eigenvalue weighted by atomic mass is 16.5. The third kappa shape index (κ3) is 5.46. The summed E-state index contributed by atoms with van der Waals surface area (Å²) in [6.07, 6.45) is 1.46. The van der Waals surface area contributed by atoms with Crippen LogP contribution < -0.4 is 0 Å². The van der Waals surface area contributed by atoms with E-state index in [2.05, 4.69) is 10.1 Å². The summed E-state index contributed by atoms with van der Waals surface area (Å²) in [5.74, 6) is -0.372. The third-order valence-corrected chi connectivity index (χ3v) is 3.32. The topological polar surface area (TPSA) is 96.5 Å². The number of hydrogen-bond acceptors (Lipinski definition) is 5. The summed E-state index contributed by atoms with van der Waals surface area (Å²) >= 11 is 0. The van der Waals surface area contributed by atoms with Crippen molar-refractivity contribution in [3.8, 4) is 0 Å². The van der Waals surface area contributed by atoms with Gasteiger partial charge in [-0.1, -0.05) is 32.9 Å². The average Bonchev–Trinajstić information content (AvgIpc) is 2.87. The van der Waals surface area contributed by atoms with E-state index in [0.717, 1.165) is 0 Å². The van der Waals surface area contributed by atoms with E-state index in [4.69, 9.17) is 9.63 Å². The van der Waals surface area contributed by atoms with Crippen molar-refractivity contribution in [2.24, 2.45) is 5.92 Å². The number of aliphatic carboxylic acids is 1. The molecule has 0 bridgehead atoms. The summed E-state index contributed by atoms with van der Waals surface area (Å²) in [5.41, 5.74) is -0.162. The lowest BCUT2D eigenvalue weighted by Crippen LogP contribution is -2.33. The van der Waals surface area contributed by atoms with Gasteiger partial charge in [-0.3, -0.25) is 9.59 Å². The standard InChI is InChI=1S/C15H25N3O4/c1-10(13(20)21)9-18(5)12(19)8-6-7-11-16-14(17-22-11)15(2,3)4/h10H,6-9H2,1-5H3,(H,20,21). The lowest BCUT2D eigenvalue weighted by atomic mass is 9.96. The first-order valence-corrected chi connectivity index (χ1v) is 7.41. The van der Waals surface area contributed by atoms with Crippen LogP contribution in [0.2, 0.25) is 0 Å². The molecule has 7 heteroatoms. The predicted molar refractivity (Wildman–Crippen MR) is 80.4 cm³/mol. The molecule has 0 spiro atoms. The van der Waals surface area contributed by atoms with E-state index in [0.29, 0.717) is 31.0 Å². The SMILES string of the molecule is CC(CN(C)C(=O)CCCc1nc(C(C)(C)C)no1)C(=O)O. The maximum absolute atomic E-state index is 11.9. The molecular weight excluding hydrogens is 286 g/mol. The van der Waals surface area contributed by atoms with Crippen LogP contribution in [0.25, 0.3) is 0 Å². The van der Waals surface area contributed by atoms with Crippen molar-refractivity contribution in [2.75, 3.05) is 13.6 Å². The Hall–Kier alpha value is -1.92. The minimum atomic E-state index is -0.903. The number of carbonyl (C=O) groups excluding carboxylic acids is 1. The molecule has 1 aromatic heterocycles. The van der Waals surface area contributed by atoms with E-state index < -0.39 is 11.9 Å². The lowest BCUT2D eigenvalue weighted by molar-refractivity contribution is -0.142. The molecule has 0 aromatic carbocycles. The minimum Gasteiger partial charge on any atom is -0.481 e. The van der Waals surface area contributed by atoms with Crippen LogP contribution >= 0.6 is 0 Å². The first-order chi connectivity index (χ1) is 10.1. The van der Waals surface area contributed by atoms with Crippen molar-refractivity contribution in [3.63, 3.8) is 0 Å². The maximum Gasteiger partial charge on any atom is 0.308 e. The fraction of sp³-hybridized carbons (Fsp3) is 0.733. The van der Waals surface area contributed by atoms with Gasteiger partial charge in [0.1, 0.15) is 0 Å². The number of aryl methyl sites for hydroxylation is 1. The van der Waals surface area contributed by atoms with Crippen molar-refractivity contribution < 1.29 is 19.2 Å². The first-order valence-electron chi connectivity index (χ1n) is 7.41. The number of amides is 1. The predicted octanol–water partition coefficient (Wildman–Crippen LogP) is 1.87. The van der Waals surface area contributed by atoms with Gasteiger partial charge in [0.05, 0.1) is 5.92 Å². The van der Waals surface area contributed by atoms with Crippen LogP contribution in [0.4, 0.5) is 0 Å². The van der Waals surface area contributed by atoms with Gasteiger partial charge in [0.2, 0.25) is 11.8 Å². The maximum atomic E-state index is 11.9. The van der Waals surface area contributed by atoms with E-state index in [9.17, 15) is 9.59 Å². The lowest BCUT2D eigenvalue weighted by Gasteiger charge is -2.19. The molecule has 0 aliphatic rings. The van der Waals surface area contributed by atoms with Crippen LogP contribution in [0.15, 0.2) is 4.52 Å². The second-order valence-electron chi connectivity index (χ2n) is 6.63. The molecule has 1 N–H and O–H groups in total. The van der Waals surface area contributed by atoms with Crippen LogP contribution in [0.5, 0.6) is 0 Å². The zero-order chi connectivity index (χ0) is 16.9. The fourth-order valence-electron chi connectivity index (χ4n) is 1.83. The van der Waals surface area contributed by atoms with Crippen molar-refractivity contribution in [2.45, 2.75) is 52.4 Å². The Kier molecular flexibility index (Phi) is 6.08. The van der Waals surface area contributed by atoms with Crippen LogP contribution in [0.3, 0.4) is 0 Å². The zero-order valence-electron chi connectivity index (χ0n) is 13.9. The van der Waals surface area contributed by atoms with E-state index >= 15 is 0 Å².